The summed E-state index contributed by atoms with van der Waals surface area (Å²) in [7, 11) is 1.55. The van der Waals surface area contributed by atoms with Crippen LogP contribution in [0.25, 0.3) is 10.9 Å². The fourth-order valence-corrected chi connectivity index (χ4v) is 4.65. The van der Waals surface area contributed by atoms with Gasteiger partial charge in [0.1, 0.15) is 5.82 Å². The average Bonchev–Trinajstić information content (AvgIpc) is 3.06. The number of hydrogen-bond acceptors (Lipinski definition) is 2. The van der Waals surface area contributed by atoms with E-state index in [-0.39, 0.29) is 18.0 Å². The van der Waals surface area contributed by atoms with E-state index in [1.807, 2.05) is 28.8 Å². The van der Waals surface area contributed by atoms with Crippen LogP contribution in [0.1, 0.15) is 28.8 Å². The standard InChI is InChI=1S/C24H22F4N2O3/c1-29(22(31)10-14-6-7-15(25)11-19(14)24(26,27)28)16-8-9-21-18(12-23(32)33)17-4-2-3-5-20(17)30(21)13-16/h2-7,11,16H,8-10,12-13H2,1H3,(H,32,33). The average molecular weight is 462 g/mol. The van der Waals surface area contributed by atoms with Crippen LogP contribution in [-0.2, 0) is 41.6 Å². The molecule has 0 bridgehead atoms. The Morgan fingerprint density at radius 1 is 1.15 bits per heavy atom. The first-order chi connectivity index (χ1) is 15.6. The number of aliphatic carboxylic acids is 1. The number of alkyl halides is 3. The maximum atomic E-state index is 13.4. The minimum absolute atomic E-state index is 0.104. The Morgan fingerprint density at radius 3 is 2.58 bits per heavy atom. The SMILES string of the molecule is CN(C(=O)Cc1ccc(F)cc1C(F)(F)F)C1CCc2c(CC(=O)O)c3ccccc3n2C1. The first-order valence-corrected chi connectivity index (χ1v) is 10.5. The summed E-state index contributed by atoms with van der Waals surface area (Å²) < 4.78 is 55.3. The smallest absolute Gasteiger partial charge is 0.416 e. The highest BCUT2D eigenvalue weighted by atomic mass is 19.4. The normalized spacial score (nSPS) is 16.0. The van der Waals surface area contributed by atoms with Gasteiger partial charge < -0.3 is 14.6 Å². The minimum Gasteiger partial charge on any atom is -0.481 e. The number of halogens is 4. The summed E-state index contributed by atoms with van der Waals surface area (Å²) in [5.74, 6) is -2.44. The Morgan fingerprint density at radius 2 is 1.88 bits per heavy atom. The van der Waals surface area contributed by atoms with Gasteiger partial charge in [0.15, 0.2) is 0 Å². The molecular formula is C24H22F4N2O3. The summed E-state index contributed by atoms with van der Waals surface area (Å²) in [4.78, 5) is 25.7. The first kappa shape index (κ1) is 22.8. The van der Waals surface area contributed by atoms with Crippen molar-refractivity contribution in [2.75, 3.05) is 7.05 Å². The number of carbonyl (C=O) groups excluding carboxylic acids is 1. The molecule has 5 nitrogen and oxygen atoms in total. The number of fused-ring (bicyclic) bond motifs is 3. The minimum atomic E-state index is -4.76. The molecule has 0 saturated carbocycles. The summed E-state index contributed by atoms with van der Waals surface area (Å²) in [6.07, 6.45) is -4.26. The Kier molecular flexibility index (Phi) is 5.90. The van der Waals surface area contributed by atoms with Crippen LogP contribution in [0.4, 0.5) is 17.6 Å². The number of carboxylic acids is 1. The van der Waals surface area contributed by atoms with Gasteiger partial charge in [-0.1, -0.05) is 24.3 Å². The Bertz CT molecular complexity index is 1230. The summed E-state index contributed by atoms with van der Waals surface area (Å²) in [6, 6.07) is 9.51. The Balaban J connectivity index is 1.58. The predicted octanol–water partition coefficient (Wildman–Crippen LogP) is 4.44. The van der Waals surface area contributed by atoms with Crippen LogP contribution in [0.2, 0.25) is 0 Å². The molecule has 9 heteroatoms. The van der Waals surface area contributed by atoms with Crippen LogP contribution >= 0.6 is 0 Å². The monoisotopic (exact) mass is 462 g/mol. The zero-order valence-electron chi connectivity index (χ0n) is 17.8. The zero-order chi connectivity index (χ0) is 23.9. The van der Waals surface area contributed by atoms with Gasteiger partial charge in [-0.05, 0) is 42.2 Å². The molecule has 0 aliphatic carbocycles. The molecule has 1 unspecified atom stereocenters. The zero-order valence-corrected chi connectivity index (χ0v) is 17.8. The molecule has 1 N–H and O–H groups in total. The van der Waals surface area contributed by atoms with Gasteiger partial charge in [-0.15, -0.1) is 0 Å². The van der Waals surface area contributed by atoms with E-state index < -0.39 is 35.9 Å². The second-order valence-electron chi connectivity index (χ2n) is 8.30. The topological polar surface area (TPSA) is 62.5 Å². The number of para-hydroxylation sites is 1. The molecule has 1 atom stereocenters. The number of rotatable bonds is 5. The number of aromatic nitrogens is 1. The van der Waals surface area contributed by atoms with Crippen LogP contribution < -0.4 is 0 Å². The maximum Gasteiger partial charge on any atom is 0.416 e. The Hall–Kier alpha value is -3.36. The van der Waals surface area contributed by atoms with Crippen molar-refractivity contribution >= 4 is 22.8 Å². The molecule has 3 aromatic rings. The molecule has 0 saturated heterocycles. The molecule has 1 aliphatic heterocycles. The second-order valence-corrected chi connectivity index (χ2v) is 8.30. The fourth-order valence-electron chi connectivity index (χ4n) is 4.65. The second kappa shape index (κ2) is 8.53. The van der Waals surface area contributed by atoms with Crippen LogP contribution in [0.15, 0.2) is 42.5 Å². The summed E-state index contributed by atoms with van der Waals surface area (Å²) in [5, 5.41) is 10.2. The van der Waals surface area contributed by atoms with Crippen LogP contribution in [0.3, 0.4) is 0 Å². The number of amides is 1. The van der Waals surface area contributed by atoms with Crippen LogP contribution in [0, 0.1) is 5.82 Å². The maximum absolute atomic E-state index is 13.4. The largest absolute Gasteiger partial charge is 0.481 e. The number of carbonyl (C=O) groups is 2. The number of benzene rings is 2. The van der Waals surface area contributed by atoms with Crippen LogP contribution in [0.5, 0.6) is 0 Å². The van der Waals surface area contributed by atoms with Gasteiger partial charge in [-0.3, -0.25) is 9.59 Å². The molecule has 2 aromatic carbocycles. The van der Waals surface area contributed by atoms with E-state index in [4.69, 9.17) is 0 Å². The van der Waals surface area contributed by atoms with Crippen molar-refractivity contribution in [1.29, 1.82) is 0 Å². The number of carboxylic acid groups (broad SMARTS) is 1. The van der Waals surface area contributed by atoms with Crippen molar-refractivity contribution < 1.29 is 32.3 Å². The van der Waals surface area contributed by atoms with Gasteiger partial charge in [0.05, 0.1) is 18.4 Å². The molecule has 0 fully saturated rings. The van der Waals surface area contributed by atoms with Gasteiger partial charge in [0.2, 0.25) is 5.91 Å². The molecular weight excluding hydrogens is 440 g/mol. The molecule has 0 radical (unpaired) electrons. The molecule has 33 heavy (non-hydrogen) atoms. The van der Waals surface area contributed by atoms with Crippen molar-refractivity contribution in [2.45, 2.75) is 44.4 Å². The molecule has 1 aromatic heterocycles. The Labute approximate surface area is 187 Å². The van der Waals surface area contributed by atoms with Crippen molar-refractivity contribution in [3.63, 3.8) is 0 Å². The molecule has 1 aliphatic rings. The highest BCUT2D eigenvalue weighted by molar-refractivity contribution is 5.89. The third-order valence-corrected chi connectivity index (χ3v) is 6.29. The number of likely N-dealkylation sites (N-methyl/N-ethyl adjacent to an activating group) is 1. The lowest BCUT2D eigenvalue weighted by Crippen LogP contribution is -2.43. The van der Waals surface area contributed by atoms with E-state index in [1.54, 1.807) is 7.05 Å². The summed E-state index contributed by atoms with van der Waals surface area (Å²) in [5.41, 5.74) is 1.12. The van der Waals surface area contributed by atoms with Gasteiger partial charge in [-0.2, -0.15) is 13.2 Å². The predicted molar refractivity (Wildman–Crippen MR) is 113 cm³/mol. The van der Waals surface area contributed by atoms with Crippen molar-refractivity contribution in [2.24, 2.45) is 0 Å². The molecule has 4 rings (SSSR count). The molecule has 174 valence electrons. The van der Waals surface area contributed by atoms with Crippen molar-refractivity contribution in [3.05, 3.63) is 70.7 Å². The van der Waals surface area contributed by atoms with Gasteiger partial charge in [-0.25, -0.2) is 4.39 Å². The van der Waals surface area contributed by atoms with Gasteiger partial charge in [0.25, 0.3) is 0 Å². The van der Waals surface area contributed by atoms with Crippen molar-refractivity contribution in [3.8, 4) is 0 Å². The van der Waals surface area contributed by atoms with E-state index in [2.05, 4.69) is 0 Å². The van der Waals surface area contributed by atoms with E-state index >= 15 is 0 Å². The van der Waals surface area contributed by atoms with E-state index in [9.17, 15) is 32.3 Å². The fraction of sp³-hybridized carbons (Fsp3) is 0.333. The molecule has 0 spiro atoms. The van der Waals surface area contributed by atoms with Crippen molar-refractivity contribution in [1.82, 2.24) is 9.47 Å². The molecule has 2 heterocycles. The lowest BCUT2D eigenvalue weighted by atomic mass is 9.98. The van der Waals surface area contributed by atoms with Crippen LogP contribution in [-0.4, -0.2) is 39.5 Å². The van der Waals surface area contributed by atoms with E-state index in [1.165, 1.54) is 4.90 Å². The quantitative estimate of drug-likeness (QED) is 0.571. The number of nitrogens with zero attached hydrogens (tertiary/aromatic N) is 2. The molecule has 1 amide bonds. The van der Waals surface area contributed by atoms with E-state index in [0.717, 1.165) is 34.3 Å². The van der Waals surface area contributed by atoms with E-state index in [0.29, 0.717) is 25.5 Å². The third kappa shape index (κ3) is 4.44. The highest BCUT2D eigenvalue weighted by Gasteiger charge is 2.35. The van der Waals surface area contributed by atoms with Gasteiger partial charge in [0, 0.05) is 36.2 Å². The summed E-state index contributed by atoms with van der Waals surface area (Å²) >= 11 is 0. The number of hydrogen-bond donors (Lipinski definition) is 1. The summed E-state index contributed by atoms with van der Waals surface area (Å²) in [6.45, 7) is 0.410. The van der Waals surface area contributed by atoms with Gasteiger partial charge >= 0.3 is 12.1 Å². The lowest BCUT2D eigenvalue weighted by molar-refractivity contribution is -0.139. The first-order valence-electron chi connectivity index (χ1n) is 10.5. The highest BCUT2D eigenvalue weighted by Crippen LogP contribution is 2.34. The lowest BCUT2D eigenvalue weighted by Gasteiger charge is -2.33. The third-order valence-electron chi connectivity index (χ3n) is 6.29.